The number of carbonyl (C=O) groups is 1. The maximum Gasteiger partial charge on any atom is 0.422 e. The summed E-state index contributed by atoms with van der Waals surface area (Å²) < 4.78 is 52.2. The SMILES string of the molecule is COCc1nc(OC)c2c(C)c(C(=O)Nc3ccc(OCC(F)(F)F)c(C#N)c3)sc2n1. The Labute approximate surface area is 184 Å². The molecule has 8 nitrogen and oxygen atoms in total. The second-order valence-electron chi connectivity index (χ2n) is 6.50. The summed E-state index contributed by atoms with van der Waals surface area (Å²) in [7, 11) is 2.97. The Balaban J connectivity index is 1.88. The van der Waals surface area contributed by atoms with Crippen LogP contribution in [0.3, 0.4) is 0 Å². The lowest BCUT2D eigenvalue weighted by Gasteiger charge is -2.11. The van der Waals surface area contributed by atoms with Crippen molar-refractivity contribution in [2.75, 3.05) is 26.1 Å². The number of hydrogen-bond acceptors (Lipinski definition) is 8. The largest absolute Gasteiger partial charge is 0.483 e. The van der Waals surface area contributed by atoms with E-state index < -0.39 is 18.7 Å². The highest BCUT2D eigenvalue weighted by atomic mass is 32.1. The van der Waals surface area contributed by atoms with Gasteiger partial charge in [0.25, 0.3) is 5.91 Å². The molecule has 12 heteroatoms. The van der Waals surface area contributed by atoms with Crippen molar-refractivity contribution in [2.45, 2.75) is 19.7 Å². The molecule has 2 aromatic heterocycles. The molecule has 168 valence electrons. The Kier molecular flexibility index (Phi) is 6.81. The fourth-order valence-corrected chi connectivity index (χ4v) is 3.96. The average molecular weight is 466 g/mol. The summed E-state index contributed by atoms with van der Waals surface area (Å²) in [5.74, 6) is 0.00573. The number of rotatable bonds is 7. The van der Waals surface area contributed by atoms with Crippen molar-refractivity contribution in [3.8, 4) is 17.7 Å². The van der Waals surface area contributed by atoms with E-state index in [1.54, 1.807) is 13.0 Å². The minimum atomic E-state index is -4.54. The first-order chi connectivity index (χ1) is 15.2. The summed E-state index contributed by atoms with van der Waals surface area (Å²) in [6.07, 6.45) is -4.54. The van der Waals surface area contributed by atoms with Gasteiger partial charge in [0, 0.05) is 12.8 Å². The van der Waals surface area contributed by atoms with Crippen LogP contribution in [0.15, 0.2) is 18.2 Å². The predicted octanol–water partition coefficient (Wildman–Crippen LogP) is 4.22. The van der Waals surface area contributed by atoms with Gasteiger partial charge in [-0.2, -0.15) is 23.4 Å². The summed E-state index contributed by atoms with van der Waals surface area (Å²) in [6, 6.07) is 5.55. The second kappa shape index (κ2) is 9.37. The van der Waals surface area contributed by atoms with Gasteiger partial charge in [0.1, 0.15) is 23.3 Å². The zero-order chi connectivity index (χ0) is 23.5. The highest BCUT2D eigenvalue weighted by molar-refractivity contribution is 7.20. The third-order valence-corrected chi connectivity index (χ3v) is 5.41. The van der Waals surface area contributed by atoms with Crippen molar-refractivity contribution >= 4 is 33.1 Å². The lowest BCUT2D eigenvalue weighted by atomic mass is 10.1. The Hall–Kier alpha value is -3.43. The van der Waals surface area contributed by atoms with Crippen LogP contribution in [0, 0.1) is 18.3 Å². The number of methoxy groups -OCH3 is 2. The molecule has 3 aromatic rings. The number of hydrogen-bond donors (Lipinski definition) is 1. The highest BCUT2D eigenvalue weighted by Crippen LogP contribution is 2.35. The van der Waals surface area contributed by atoms with Crippen molar-refractivity contribution in [1.82, 2.24) is 9.97 Å². The number of aromatic nitrogens is 2. The number of benzene rings is 1. The molecule has 0 aliphatic carbocycles. The third kappa shape index (κ3) is 5.06. The van der Waals surface area contributed by atoms with Crippen LogP contribution >= 0.6 is 11.3 Å². The molecule has 32 heavy (non-hydrogen) atoms. The quantitative estimate of drug-likeness (QED) is 0.556. The number of amides is 1. The molecule has 0 spiro atoms. The monoisotopic (exact) mass is 466 g/mol. The topological polar surface area (TPSA) is 106 Å². The van der Waals surface area contributed by atoms with Crippen molar-refractivity contribution in [3.05, 3.63) is 40.0 Å². The summed E-state index contributed by atoms with van der Waals surface area (Å²) in [6.45, 7) is 0.372. The number of alkyl halides is 3. The standard InChI is InChI=1S/C20H17F3N4O4S/c1-10-15-18(30-3)26-14(8-29-2)27-19(15)32-16(10)17(28)25-12-4-5-13(11(6-12)7-24)31-9-20(21,22)23/h4-6H,8-9H2,1-3H3,(H,25,28). The van der Waals surface area contributed by atoms with Gasteiger partial charge in [0.2, 0.25) is 5.88 Å². The zero-order valence-electron chi connectivity index (χ0n) is 17.2. The molecule has 0 fully saturated rings. The number of nitrogens with one attached hydrogen (secondary N) is 1. The maximum atomic E-state index is 12.9. The van der Waals surface area contributed by atoms with Crippen LogP contribution < -0.4 is 14.8 Å². The van der Waals surface area contributed by atoms with Gasteiger partial charge in [0.05, 0.1) is 22.9 Å². The van der Waals surface area contributed by atoms with Crippen LogP contribution in [0.1, 0.15) is 26.6 Å². The molecule has 0 saturated carbocycles. The van der Waals surface area contributed by atoms with Crippen LogP contribution in [-0.4, -0.2) is 42.9 Å². The van der Waals surface area contributed by atoms with Gasteiger partial charge >= 0.3 is 6.18 Å². The lowest BCUT2D eigenvalue weighted by molar-refractivity contribution is -0.153. The van der Waals surface area contributed by atoms with E-state index in [1.165, 1.54) is 32.4 Å². The van der Waals surface area contributed by atoms with Crippen LogP contribution in [0.25, 0.3) is 10.2 Å². The number of aryl methyl sites for hydroxylation is 1. The molecule has 0 aliphatic rings. The van der Waals surface area contributed by atoms with Gasteiger partial charge in [-0.3, -0.25) is 4.79 Å². The number of fused-ring (bicyclic) bond motifs is 1. The molecular formula is C20H17F3N4O4S. The van der Waals surface area contributed by atoms with E-state index in [4.69, 9.17) is 9.47 Å². The van der Waals surface area contributed by atoms with Crippen molar-refractivity contribution in [1.29, 1.82) is 5.26 Å². The molecule has 0 radical (unpaired) electrons. The summed E-state index contributed by atoms with van der Waals surface area (Å²) >= 11 is 1.13. The minimum Gasteiger partial charge on any atom is -0.483 e. The molecule has 0 unspecified atom stereocenters. The van der Waals surface area contributed by atoms with Gasteiger partial charge < -0.3 is 19.5 Å². The first kappa shape index (κ1) is 23.2. The summed E-state index contributed by atoms with van der Waals surface area (Å²) in [4.78, 5) is 22.4. The van der Waals surface area contributed by atoms with Crippen molar-refractivity contribution in [2.24, 2.45) is 0 Å². The maximum absolute atomic E-state index is 12.9. The van der Waals surface area contributed by atoms with Gasteiger partial charge in [0.15, 0.2) is 12.4 Å². The average Bonchev–Trinajstić information content (AvgIpc) is 3.08. The molecule has 2 heterocycles. The van der Waals surface area contributed by atoms with E-state index in [2.05, 4.69) is 20.0 Å². The number of nitrogens with zero attached hydrogens (tertiary/aromatic N) is 3. The first-order valence-electron chi connectivity index (χ1n) is 9.04. The lowest BCUT2D eigenvalue weighted by Crippen LogP contribution is -2.19. The van der Waals surface area contributed by atoms with E-state index in [1.807, 2.05) is 0 Å². The molecular weight excluding hydrogens is 449 g/mol. The number of carbonyl (C=O) groups excluding carboxylic acids is 1. The summed E-state index contributed by atoms with van der Waals surface area (Å²) in [5.41, 5.74) is 0.687. The molecule has 0 atom stereocenters. The van der Waals surface area contributed by atoms with Crippen LogP contribution in [-0.2, 0) is 11.3 Å². The van der Waals surface area contributed by atoms with E-state index in [9.17, 15) is 23.2 Å². The zero-order valence-corrected chi connectivity index (χ0v) is 18.0. The molecule has 1 amide bonds. The molecule has 0 saturated heterocycles. The van der Waals surface area contributed by atoms with E-state index in [0.717, 1.165) is 11.3 Å². The van der Waals surface area contributed by atoms with Crippen molar-refractivity contribution < 1.29 is 32.2 Å². The Morgan fingerprint density at radius 3 is 2.66 bits per heavy atom. The van der Waals surface area contributed by atoms with E-state index >= 15 is 0 Å². The van der Waals surface area contributed by atoms with E-state index in [-0.39, 0.29) is 23.6 Å². The third-order valence-electron chi connectivity index (χ3n) is 4.23. The van der Waals surface area contributed by atoms with Gasteiger partial charge in [-0.25, -0.2) is 4.98 Å². The Morgan fingerprint density at radius 1 is 1.28 bits per heavy atom. The number of ether oxygens (including phenoxy) is 3. The number of nitriles is 1. The van der Waals surface area contributed by atoms with Crippen molar-refractivity contribution in [3.63, 3.8) is 0 Å². The summed E-state index contributed by atoms with van der Waals surface area (Å²) in [5, 5.41) is 12.5. The number of thiophene rings is 1. The van der Waals surface area contributed by atoms with Crippen LogP contribution in [0.5, 0.6) is 11.6 Å². The fraction of sp³-hybridized carbons (Fsp3) is 0.300. The smallest absolute Gasteiger partial charge is 0.422 e. The van der Waals surface area contributed by atoms with Gasteiger partial charge in [-0.05, 0) is 30.7 Å². The molecule has 0 bridgehead atoms. The number of halogens is 3. The van der Waals surface area contributed by atoms with Gasteiger partial charge in [-0.1, -0.05) is 0 Å². The van der Waals surface area contributed by atoms with E-state index in [0.29, 0.717) is 32.4 Å². The fourth-order valence-electron chi connectivity index (χ4n) is 2.87. The Morgan fingerprint density at radius 2 is 2.03 bits per heavy atom. The number of anilines is 1. The second-order valence-corrected chi connectivity index (χ2v) is 7.50. The highest BCUT2D eigenvalue weighted by Gasteiger charge is 2.29. The normalized spacial score (nSPS) is 11.3. The van der Waals surface area contributed by atoms with Gasteiger partial charge in [-0.15, -0.1) is 11.3 Å². The molecule has 1 aromatic carbocycles. The minimum absolute atomic E-state index is 0.142. The first-order valence-corrected chi connectivity index (χ1v) is 9.86. The molecule has 1 N–H and O–H groups in total. The van der Waals surface area contributed by atoms with Crippen LogP contribution in [0.2, 0.25) is 0 Å². The molecule has 3 rings (SSSR count). The van der Waals surface area contributed by atoms with Crippen LogP contribution in [0.4, 0.5) is 18.9 Å². The predicted molar refractivity (Wildman–Crippen MR) is 110 cm³/mol. The molecule has 0 aliphatic heterocycles. The Bertz CT molecular complexity index is 1200.